The van der Waals surface area contributed by atoms with Gasteiger partial charge in [-0.1, -0.05) is 36.2 Å². The number of thioether (sulfide) groups is 1. The van der Waals surface area contributed by atoms with Crippen molar-refractivity contribution in [1.82, 2.24) is 5.16 Å². The van der Waals surface area contributed by atoms with E-state index in [-0.39, 0.29) is 12.8 Å². The Morgan fingerprint density at radius 2 is 1.97 bits per heavy atom. The number of aromatic nitrogens is 1. The van der Waals surface area contributed by atoms with E-state index < -0.39 is 18.9 Å². The van der Waals surface area contributed by atoms with Crippen molar-refractivity contribution < 1.29 is 32.6 Å². The lowest BCUT2D eigenvalue weighted by Crippen LogP contribution is -2.08. The van der Waals surface area contributed by atoms with Gasteiger partial charge in [0.25, 0.3) is 0 Å². The van der Waals surface area contributed by atoms with Crippen molar-refractivity contribution in [3.63, 3.8) is 0 Å². The van der Waals surface area contributed by atoms with Crippen molar-refractivity contribution in [1.29, 1.82) is 0 Å². The maximum atomic E-state index is 12.6. The van der Waals surface area contributed by atoms with Gasteiger partial charge in [0.1, 0.15) is 5.75 Å². The lowest BCUT2D eigenvalue weighted by atomic mass is 10.0. The summed E-state index contributed by atoms with van der Waals surface area (Å²) in [5.74, 6) is 1.42. The van der Waals surface area contributed by atoms with Crippen LogP contribution in [0.15, 0.2) is 39.8 Å². The predicted octanol–water partition coefficient (Wildman–Crippen LogP) is 6.34. The van der Waals surface area contributed by atoms with Crippen LogP contribution in [-0.2, 0) is 19.3 Å². The molecule has 186 valence electrons. The van der Waals surface area contributed by atoms with Crippen molar-refractivity contribution >= 4 is 34.3 Å². The van der Waals surface area contributed by atoms with Crippen LogP contribution in [0.4, 0.5) is 13.2 Å². The second-order valence-electron chi connectivity index (χ2n) is 7.91. The Labute approximate surface area is 205 Å². The fourth-order valence-corrected chi connectivity index (χ4v) is 4.79. The van der Waals surface area contributed by atoms with E-state index >= 15 is 0 Å². The fourth-order valence-electron chi connectivity index (χ4n) is 3.58. The summed E-state index contributed by atoms with van der Waals surface area (Å²) in [6.45, 7) is 2.47. The van der Waals surface area contributed by atoms with Crippen molar-refractivity contribution in [2.45, 2.75) is 62.8 Å². The third-order valence-corrected chi connectivity index (χ3v) is 6.72. The lowest BCUT2D eigenvalue weighted by Gasteiger charge is -2.12. The van der Waals surface area contributed by atoms with Crippen LogP contribution in [-0.4, -0.2) is 40.2 Å². The molecule has 0 aliphatic rings. The number of aliphatic hydroxyl groups excluding tert-OH is 1. The van der Waals surface area contributed by atoms with Crippen LogP contribution < -0.4 is 4.74 Å². The number of halogens is 4. The first-order valence-electron chi connectivity index (χ1n) is 11.0. The summed E-state index contributed by atoms with van der Waals surface area (Å²) in [7, 11) is 0. The third kappa shape index (κ3) is 7.53. The molecule has 1 heterocycles. The number of aliphatic hydroxyl groups is 2. The number of rotatable bonds is 12. The molecular formula is C24H27ClF3NO4S. The molecule has 10 heteroatoms. The largest absolute Gasteiger partial charge is 0.493 e. The van der Waals surface area contributed by atoms with Gasteiger partial charge < -0.3 is 19.5 Å². The molecule has 0 fully saturated rings. The quantitative estimate of drug-likeness (QED) is 0.166. The van der Waals surface area contributed by atoms with E-state index in [9.17, 15) is 13.2 Å². The normalized spacial score (nSPS) is 12.1. The Morgan fingerprint density at radius 3 is 2.65 bits per heavy atom. The van der Waals surface area contributed by atoms with Gasteiger partial charge in [-0.15, -0.1) is 11.8 Å². The standard InChI is InChI=1S/C24H27ClF3NO4S/c1-2-4-17-20(7-6-16-19(29-33-23(16)17)9-10-24(26,27)28)32-11-3-12-34-21-8-5-15(13-18(21)25)14-22(30)31/h5-8,13,22,30-31H,2-4,9-12,14H2,1H3. The molecule has 1 aromatic heterocycles. The highest BCUT2D eigenvalue weighted by Gasteiger charge is 2.28. The molecule has 3 rings (SSSR count). The number of benzene rings is 2. The number of fused-ring (bicyclic) bond motifs is 1. The van der Waals surface area contributed by atoms with Crippen molar-refractivity contribution in [2.24, 2.45) is 0 Å². The predicted molar refractivity (Wildman–Crippen MR) is 127 cm³/mol. The van der Waals surface area contributed by atoms with Crippen LogP contribution in [0.5, 0.6) is 5.75 Å². The van der Waals surface area contributed by atoms with E-state index in [1.807, 2.05) is 19.1 Å². The number of aryl methyl sites for hydroxylation is 2. The monoisotopic (exact) mass is 517 g/mol. The maximum absolute atomic E-state index is 12.6. The molecule has 3 aromatic rings. The second kappa shape index (κ2) is 12.2. The summed E-state index contributed by atoms with van der Waals surface area (Å²) in [6.07, 6.45) is -4.45. The molecule has 2 N–H and O–H groups in total. The molecule has 0 bridgehead atoms. The van der Waals surface area contributed by atoms with E-state index in [0.29, 0.717) is 40.5 Å². The number of hydrogen-bond donors (Lipinski definition) is 2. The lowest BCUT2D eigenvalue weighted by molar-refractivity contribution is -0.134. The highest BCUT2D eigenvalue weighted by Crippen LogP contribution is 2.33. The Bertz CT molecular complexity index is 1090. The fraction of sp³-hybridized carbons (Fsp3) is 0.458. The first-order valence-corrected chi connectivity index (χ1v) is 12.4. The van der Waals surface area contributed by atoms with Gasteiger partial charge in [0.05, 0.1) is 17.3 Å². The highest BCUT2D eigenvalue weighted by molar-refractivity contribution is 7.99. The molecule has 0 aliphatic heterocycles. The van der Waals surface area contributed by atoms with E-state index in [4.69, 9.17) is 31.1 Å². The minimum atomic E-state index is -4.24. The molecule has 0 saturated carbocycles. The van der Waals surface area contributed by atoms with Crippen LogP contribution >= 0.6 is 23.4 Å². The number of ether oxygens (including phenoxy) is 1. The van der Waals surface area contributed by atoms with Crippen LogP contribution in [0.3, 0.4) is 0 Å². The molecule has 0 atom stereocenters. The van der Waals surface area contributed by atoms with E-state index in [1.165, 1.54) is 0 Å². The van der Waals surface area contributed by atoms with E-state index in [1.54, 1.807) is 30.0 Å². The van der Waals surface area contributed by atoms with Gasteiger partial charge in [-0.05, 0) is 42.7 Å². The van der Waals surface area contributed by atoms with Crippen LogP contribution in [0.1, 0.15) is 43.0 Å². The minimum absolute atomic E-state index is 0.123. The summed E-state index contributed by atoms with van der Waals surface area (Å²) in [6, 6.07) is 8.90. The Hall–Kier alpha value is -1.94. The maximum Gasteiger partial charge on any atom is 0.389 e. The van der Waals surface area contributed by atoms with E-state index in [0.717, 1.165) is 34.6 Å². The van der Waals surface area contributed by atoms with Crippen LogP contribution in [0, 0.1) is 0 Å². The zero-order valence-corrected chi connectivity index (χ0v) is 20.3. The van der Waals surface area contributed by atoms with Crippen molar-refractivity contribution in [2.75, 3.05) is 12.4 Å². The molecule has 2 aromatic carbocycles. The van der Waals surface area contributed by atoms with Crippen LogP contribution in [0.2, 0.25) is 5.02 Å². The zero-order chi connectivity index (χ0) is 24.7. The van der Waals surface area contributed by atoms with Gasteiger partial charge >= 0.3 is 6.18 Å². The number of hydrogen-bond acceptors (Lipinski definition) is 6. The van der Waals surface area contributed by atoms with E-state index in [2.05, 4.69) is 5.16 Å². The van der Waals surface area contributed by atoms with Crippen molar-refractivity contribution in [3.05, 3.63) is 52.2 Å². The molecular weight excluding hydrogens is 491 g/mol. The molecule has 0 amide bonds. The molecule has 0 radical (unpaired) electrons. The SMILES string of the molecule is CCCc1c(OCCCSc2ccc(CC(O)O)cc2Cl)ccc2c(CCC(F)(F)F)noc12. The summed E-state index contributed by atoms with van der Waals surface area (Å²) in [4.78, 5) is 0.902. The highest BCUT2D eigenvalue weighted by atomic mass is 35.5. The first-order chi connectivity index (χ1) is 16.2. The topological polar surface area (TPSA) is 75.7 Å². The molecule has 5 nitrogen and oxygen atoms in total. The molecule has 0 saturated heterocycles. The smallest absolute Gasteiger partial charge is 0.389 e. The Balaban J connectivity index is 1.58. The summed E-state index contributed by atoms with van der Waals surface area (Å²) >= 11 is 7.87. The molecule has 0 spiro atoms. The van der Waals surface area contributed by atoms with Gasteiger partial charge in [0.2, 0.25) is 0 Å². The first kappa shape index (κ1) is 26.7. The minimum Gasteiger partial charge on any atom is -0.493 e. The molecule has 0 unspecified atom stereocenters. The van der Waals surface area contributed by atoms with Gasteiger partial charge in [0, 0.05) is 40.9 Å². The van der Waals surface area contributed by atoms with Crippen LogP contribution in [0.25, 0.3) is 11.0 Å². The van der Waals surface area contributed by atoms with Crippen molar-refractivity contribution in [3.8, 4) is 5.75 Å². The summed E-state index contributed by atoms with van der Waals surface area (Å²) in [5.41, 5.74) is 2.37. The van der Waals surface area contributed by atoms with Gasteiger partial charge in [-0.25, -0.2) is 0 Å². The number of alkyl halides is 3. The average molecular weight is 518 g/mol. The average Bonchev–Trinajstić information content (AvgIpc) is 3.17. The van der Waals surface area contributed by atoms with Gasteiger partial charge in [0.15, 0.2) is 11.9 Å². The Morgan fingerprint density at radius 1 is 1.18 bits per heavy atom. The third-order valence-electron chi connectivity index (χ3n) is 5.14. The van der Waals surface area contributed by atoms with Gasteiger partial charge in [-0.2, -0.15) is 13.2 Å². The summed E-state index contributed by atoms with van der Waals surface area (Å²) in [5, 5.41) is 23.2. The zero-order valence-electron chi connectivity index (χ0n) is 18.7. The second-order valence-corrected chi connectivity index (χ2v) is 9.46. The molecule has 0 aliphatic carbocycles. The molecule has 34 heavy (non-hydrogen) atoms. The summed E-state index contributed by atoms with van der Waals surface area (Å²) < 4.78 is 49.2. The van der Waals surface area contributed by atoms with Gasteiger partial charge in [-0.3, -0.25) is 0 Å². The number of nitrogens with zero attached hydrogens (tertiary/aromatic N) is 1. The Kier molecular flexibility index (Phi) is 9.53.